The number of aromatic nitrogens is 3. The molecule has 3 heterocycles. The summed E-state index contributed by atoms with van der Waals surface area (Å²) >= 11 is 6.36. The monoisotopic (exact) mass is 534 g/mol. The maximum absolute atomic E-state index is 14.9. The van der Waals surface area contributed by atoms with Crippen LogP contribution in [0.4, 0.5) is 31.9 Å². The molecule has 198 valence electrons. The average Bonchev–Trinajstić information content (AvgIpc) is 3.71. The molecular formula is C25H29ClF2N6O3. The molecule has 9 nitrogen and oxygen atoms in total. The van der Waals surface area contributed by atoms with Crippen molar-refractivity contribution in [2.24, 2.45) is 18.9 Å². The first-order valence-electron chi connectivity index (χ1n) is 12.1. The van der Waals surface area contributed by atoms with Crippen molar-refractivity contribution < 1.29 is 18.3 Å². The van der Waals surface area contributed by atoms with E-state index < -0.39 is 24.1 Å². The number of methoxy groups -OCH3 is 1. The van der Waals surface area contributed by atoms with Gasteiger partial charge in [0.1, 0.15) is 5.02 Å². The average molecular weight is 535 g/mol. The summed E-state index contributed by atoms with van der Waals surface area (Å²) in [4.78, 5) is 21.7. The van der Waals surface area contributed by atoms with Gasteiger partial charge in [-0.3, -0.25) is 4.79 Å². The van der Waals surface area contributed by atoms with Gasteiger partial charge in [0.15, 0.2) is 12.4 Å². The zero-order valence-corrected chi connectivity index (χ0v) is 21.5. The summed E-state index contributed by atoms with van der Waals surface area (Å²) in [6.07, 6.45) is 2.92. The maximum atomic E-state index is 14.9. The Hall–Kier alpha value is -3.18. The quantitative estimate of drug-likeness (QED) is 0.384. The molecule has 1 aliphatic heterocycles. The topological polar surface area (TPSA) is 102 Å². The van der Waals surface area contributed by atoms with Crippen molar-refractivity contribution in [1.29, 1.82) is 0 Å². The lowest BCUT2D eigenvalue weighted by atomic mass is 10.0. The molecule has 0 saturated heterocycles. The van der Waals surface area contributed by atoms with Gasteiger partial charge in [-0.1, -0.05) is 18.5 Å². The van der Waals surface area contributed by atoms with Crippen molar-refractivity contribution in [3.63, 3.8) is 0 Å². The molecule has 3 aromatic rings. The molecule has 1 aliphatic carbocycles. The van der Waals surface area contributed by atoms with Gasteiger partial charge >= 0.3 is 5.92 Å². The Balaban J connectivity index is 1.49. The van der Waals surface area contributed by atoms with Crippen molar-refractivity contribution in [2.75, 3.05) is 42.8 Å². The van der Waals surface area contributed by atoms with Crippen LogP contribution in [0.1, 0.15) is 19.8 Å². The number of alkyl halides is 2. The lowest BCUT2D eigenvalue weighted by Crippen LogP contribution is -2.44. The molecule has 12 heteroatoms. The number of aryl methyl sites for hydroxylation is 1. The molecule has 5 rings (SSSR count). The highest BCUT2D eigenvalue weighted by Gasteiger charge is 2.51. The third kappa shape index (κ3) is 5.15. The van der Waals surface area contributed by atoms with E-state index in [0.29, 0.717) is 59.4 Å². The van der Waals surface area contributed by atoms with Crippen molar-refractivity contribution in [3.05, 3.63) is 39.8 Å². The van der Waals surface area contributed by atoms with E-state index >= 15 is 0 Å². The van der Waals surface area contributed by atoms with Crippen LogP contribution in [-0.4, -0.2) is 53.4 Å². The number of rotatable bonds is 8. The van der Waals surface area contributed by atoms with Crippen molar-refractivity contribution >= 4 is 45.6 Å². The molecule has 2 aliphatic rings. The predicted molar refractivity (Wildman–Crippen MR) is 140 cm³/mol. The Morgan fingerprint density at radius 1 is 1.38 bits per heavy atom. The van der Waals surface area contributed by atoms with Gasteiger partial charge in [-0.15, -0.1) is 0 Å². The number of benzene rings is 1. The number of pyridine rings is 1. The number of ether oxygens (including phenoxy) is 2. The largest absolute Gasteiger partial charge is 0.480 e. The summed E-state index contributed by atoms with van der Waals surface area (Å²) in [5.74, 6) is -2.35. The molecule has 1 saturated carbocycles. The fourth-order valence-electron chi connectivity index (χ4n) is 4.57. The van der Waals surface area contributed by atoms with Crippen LogP contribution in [0.2, 0.25) is 5.02 Å². The molecule has 2 atom stereocenters. The summed E-state index contributed by atoms with van der Waals surface area (Å²) in [5, 5.41) is 10.2. The predicted octanol–water partition coefficient (Wildman–Crippen LogP) is 4.64. The number of nitrogens with zero attached hydrogens (tertiary/aromatic N) is 3. The molecule has 37 heavy (non-hydrogen) atoms. The first-order chi connectivity index (χ1) is 17.7. The first kappa shape index (κ1) is 25.5. The number of fused-ring (bicyclic) bond motifs is 3. The Bertz CT molecular complexity index is 1380. The van der Waals surface area contributed by atoms with Crippen LogP contribution in [0, 0.1) is 11.8 Å². The van der Waals surface area contributed by atoms with Crippen LogP contribution in [0.15, 0.2) is 29.2 Å². The van der Waals surface area contributed by atoms with Gasteiger partial charge in [0.25, 0.3) is 5.56 Å². The Kier molecular flexibility index (Phi) is 6.84. The van der Waals surface area contributed by atoms with E-state index in [-0.39, 0.29) is 23.3 Å². The van der Waals surface area contributed by atoms with Gasteiger partial charge in [-0.25, -0.2) is 13.8 Å². The summed E-state index contributed by atoms with van der Waals surface area (Å²) in [7, 11) is 3.24. The van der Waals surface area contributed by atoms with Gasteiger partial charge in [-0.05, 0) is 42.9 Å². The zero-order chi connectivity index (χ0) is 26.3. The third-order valence-electron chi connectivity index (χ3n) is 6.68. The van der Waals surface area contributed by atoms with Crippen LogP contribution < -0.4 is 26.2 Å². The van der Waals surface area contributed by atoms with Crippen molar-refractivity contribution in [2.45, 2.75) is 31.7 Å². The molecule has 1 aromatic carbocycles. The number of anilines is 4. The third-order valence-corrected chi connectivity index (χ3v) is 6.95. The van der Waals surface area contributed by atoms with E-state index in [2.05, 4.69) is 25.9 Å². The summed E-state index contributed by atoms with van der Waals surface area (Å²) in [6, 6.07) is 4.18. The summed E-state index contributed by atoms with van der Waals surface area (Å²) in [5.41, 5.74) is 0.987. The fourth-order valence-corrected chi connectivity index (χ4v) is 4.71. The number of nitrogens with one attached hydrogen (secondary N) is 3. The van der Waals surface area contributed by atoms with E-state index in [0.717, 1.165) is 0 Å². The van der Waals surface area contributed by atoms with Gasteiger partial charge in [0.05, 0.1) is 30.0 Å². The SMILES string of the molecule is COCC(C)CNc1ncc(Cl)c(Nc2ccc3c(c2)c2c(c(=O)n3C)OCC(F)(F)C(C3CC3)N2)n1. The van der Waals surface area contributed by atoms with Crippen LogP contribution in [-0.2, 0) is 11.8 Å². The van der Waals surface area contributed by atoms with Gasteiger partial charge in [0, 0.05) is 31.8 Å². The Morgan fingerprint density at radius 2 is 2.16 bits per heavy atom. The van der Waals surface area contributed by atoms with E-state index in [1.807, 2.05) is 6.92 Å². The molecule has 2 unspecified atom stereocenters. The second-order valence-electron chi connectivity index (χ2n) is 9.77. The highest BCUT2D eigenvalue weighted by Crippen LogP contribution is 2.45. The molecule has 0 bridgehead atoms. The van der Waals surface area contributed by atoms with Crippen molar-refractivity contribution in [3.8, 4) is 5.75 Å². The number of halogens is 3. The van der Waals surface area contributed by atoms with Crippen LogP contribution in [0.25, 0.3) is 10.9 Å². The van der Waals surface area contributed by atoms with Gasteiger partial charge < -0.3 is 30.0 Å². The number of hydrogen-bond donors (Lipinski definition) is 3. The highest BCUT2D eigenvalue weighted by molar-refractivity contribution is 6.32. The Morgan fingerprint density at radius 3 is 2.89 bits per heavy atom. The van der Waals surface area contributed by atoms with Crippen LogP contribution in [0.3, 0.4) is 0 Å². The van der Waals surface area contributed by atoms with Crippen molar-refractivity contribution in [1.82, 2.24) is 14.5 Å². The first-order valence-corrected chi connectivity index (χ1v) is 12.5. The molecule has 0 spiro atoms. The Labute approximate surface area is 217 Å². The van der Waals surface area contributed by atoms with E-state index in [1.165, 1.54) is 10.8 Å². The maximum Gasteiger partial charge on any atom is 0.301 e. The normalized spacial score (nSPS) is 19.4. The lowest BCUT2D eigenvalue weighted by molar-refractivity contribution is -0.0579. The molecule has 3 N–H and O–H groups in total. The molecule has 1 fully saturated rings. The minimum atomic E-state index is -3.11. The number of hydrogen-bond acceptors (Lipinski definition) is 8. The highest BCUT2D eigenvalue weighted by atomic mass is 35.5. The standard InChI is InChI=1S/C25H29ClF2N6O3/c1-13(11-36-3)9-29-24-30-10-17(26)22(33-24)31-15-6-7-18-16(8-15)19-20(23(35)34(18)2)37-12-25(27,28)21(32-19)14-4-5-14/h6-8,10,13-14,21,32H,4-5,9,11-12H2,1-3H3,(H2,29,30,31,33). The van der Waals surface area contributed by atoms with E-state index in [1.54, 1.807) is 32.4 Å². The van der Waals surface area contributed by atoms with E-state index in [4.69, 9.17) is 21.1 Å². The van der Waals surface area contributed by atoms with Crippen LogP contribution >= 0.6 is 11.6 Å². The molecule has 0 radical (unpaired) electrons. The summed E-state index contributed by atoms with van der Waals surface area (Å²) in [6.45, 7) is 2.41. The van der Waals surface area contributed by atoms with Crippen LogP contribution in [0.5, 0.6) is 5.75 Å². The molecule has 2 aromatic heterocycles. The smallest absolute Gasteiger partial charge is 0.301 e. The second kappa shape index (κ2) is 9.94. The van der Waals surface area contributed by atoms with Gasteiger partial charge in [-0.2, -0.15) is 4.98 Å². The minimum absolute atomic E-state index is 0.105. The second-order valence-corrected chi connectivity index (χ2v) is 10.2. The minimum Gasteiger partial charge on any atom is -0.480 e. The van der Waals surface area contributed by atoms with E-state index in [9.17, 15) is 13.6 Å². The lowest BCUT2D eigenvalue weighted by Gasteiger charge is -2.25. The zero-order valence-electron chi connectivity index (χ0n) is 20.8. The summed E-state index contributed by atoms with van der Waals surface area (Å²) < 4.78 is 41.7. The fraction of sp³-hybridized carbons (Fsp3) is 0.480. The van der Waals surface area contributed by atoms with Gasteiger partial charge in [0.2, 0.25) is 11.7 Å². The molecule has 0 amide bonds. The molecular weight excluding hydrogens is 506 g/mol.